The molecule has 2 unspecified atom stereocenters. The highest BCUT2D eigenvalue weighted by Crippen LogP contribution is 2.27. The van der Waals surface area contributed by atoms with E-state index >= 15 is 0 Å². The van der Waals surface area contributed by atoms with Crippen LogP contribution in [0.2, 0.25) is 0 Å². The van der Waals surface area contributed by atoms with Gasteiger partial charge < -0.3 is 10.6 Å². The number of hydrogen-bond acceptors (Lipinski definition) is 2. The first-order valence-electron chi connectivity index (χ1n) is 6.95. The Morgan fingerprint density at radius 3 is 2.60 bits per heavy atom. The van der Waals surface area contributed by atoms with Crippen molar-refractivity contribution in [3.8, 4) is 0 Å². The van der Waals surface area contributed by atoms with Gasteiger partial charge in [0.05, 0.1) is 0 Å². The lowest BCUT2D eigenvalue weighted by molar-refractivity contribution is 0.0923. The van der Waals surface area contributed by atoms with E-state index in [9.17, 15) is 4.79 Å². The Morgan fingerprint density at radius 1 is 1.30 bits per heavy atom. The molecule has 1 amide bonds. The molecule has 2 N–H and O–H groups in total. The first-order chi connectivity index (χ1) is 9.13. The molecular weight excluding hydrogens is 387 g/mol. The first-order valence-corrected chi connectivity index (χ1v) is 8.03. The lowest BCUT2D eigenvalue weighted by Crippen LogP contribution is -2.48. The highest BCUT2D eigenvalue weighted by Gasteiger charge is 2.34. The van der Waals surface area contributed by atoms with E-state index in [1.807, 2.05) is 25.1 Å². The van der Waals surface area contributed by atoms with E-state index in [2.05, 4.69) is 33.2 Å². The van der Waals surface area contributed by atoms with E-state index in [0.29, 0.717) is 18.1 Å². The molecule has 0 spiro atoms. The van der Waals surface area contributed by atoms with Crippen molar-refractivity contribution in [2.45, 2.75) is 50.7 Å². The Bertz CT molecular complexity index is 497. The number of rotatable bonds is 2. The van der Waals surface area contributed by atoms with Crippen LogP contribution in [0.25, 0.3) is 0 Å². The van der Waals surface area contributed by atoms with Crippen molar-refractivity contribution in [2.75, 3.05) is 0 Å². The van der Waals surface area contributed by atoms with Crippen molar-refractivity contribution in [2.24, 2.45) is 0 Å². The fourth-order valence-electron chi connectivity index (χ4n) is 3.29. The number of halogens is 2. The number of amides is 1. The minimum Gasteiger partial charge on any atom is -0.349 e. The van der Waals surface area contributed by atoms with Crippen LogP contribution < -0.4 is 10.6 Å². The maximum absolute atomic E-state index is 12.4. The van der Waals surface area contributed by atoms with Crippen LogP contribution >= 0.6 is 35.0 Å². The van der Waals surface area contributed by atoms with Crippen LogP contribution in [0, 0.1) is 10.5 Å². The van der Waals surface area contributed by atoms with E-state index in [1.165, 1.54) is 12.8 Å². The van der Waals surface area contributed by atoms with Gasteiger partial charge in [-0.05, 0) is 72.9 Å². The molecule has 2 bridgehead atoms. The zero-order chi connectivity index (χ0) is 13.4. The summed E-state index contributed by atoms with van der Waals surface area (Å²) >= 11 is 2.28. The summed E-state index contributed by atoms with van der Waals surface area (Å²) in [7, 11) is 0. The Kier molecular flexibility index (Phi) is 5.31. The summed E-state index contributed by atoms with van der Waals surface area (Å²) in [6, 6.07) is 7.47. The average molecular weight is 407 g/mol. The molecule has 0 radical (unpaired) electrons. The van der Waals surface area contributed by atoms with Crippen LogP contribution in [0.4, 0.5) is 0 Å². The minimum absolute atomic E-state index is 0. The molecule has 0 aliphatic carbocycles. The van der Waals surface area contributed by atoms with Gasteiger partial charge in [0.25, 0.3) is 5.91 Å². The van der Waals surface area contributed by atoms with Crippen LogP contribution in [0.5, 0.6) is 0 Å². The van der Waals surface area contributed by atoms with Gasteiger partial charge in [0, 0.05) is 27.3 Å². The highest BCUT2D eigenvalue weighted by atomic mass is 127. The lowest BCUT2D eigenvalue weighted by atomic mass is 9.99. The molecule has 2 aliphatic rings. The molecular formula is C15H20ClIN2O. The molecule has 3 rings (SSSR count). The molecule has 3 nitrogen and oxygen atoms in total. The van der Waals surface area contributed by atoms with E-state index in [0.717, 1.165) is 27.5 Å². The van der Waals surface area contributed by atoms with Crippen LogP contribution in [0.3, 0.4) is 0 Å². The van der Waals surface area contributed by atoms with Gasteiger partial charge in [-0.1, -0.05) is 6.07 Å². The third-order valence-electron chi connectivity index (χ3n) is 4.32. The molecule has 0 aromatic heterocycles. The second kappa shape index (κ2) is 6.62. The molecule has 20 heavy (non-hydrogen) atoms. The average Bonchev–Trinajstić information content (AvgIpc) is 2.72. The molecule has 2 aliphatic heterocycles. The van der Waals surface area contributed by atoms with Crippen LogP contribution in [-0.2, 0) is 0 Å². The third kappa shape index (κ3) is 3.28. The van der Waals surface area contributed by atoms with Crippen molar-refractivity contribution >= 4 is 40.9 Å². The van der Waals surface area contributed by atoms with E-state index in [1.54, 1.807) is 0 Å². The summed E-state index contributed by atoms with van der Waals surface area (Å²) in [6.45, 7) is 2.02. The van der Waals surface area contributed by atoms with Gasteiger partial charge in [0.15, 0.2) is 0 Å². The first kappa shape index (κ1) is 16.0. The van der Waals surface area contributed by atoms with Gasteiger partial charge in [0.1, 0.15) is 0 Å². The fourth-order valence-corrected chi connectivity index (χ4v) is 3.79. The standard InChI is InChI=1S/C15H19IN2O.ClH/c1-9-13(3-2-4-14(9)16)15(19)18-12-7-10-5-6-11(8-12)17-10;/h2-4,10-12,17H,5-8H2,1H3,(H,18,19);1H. The number of nitrogens with one attached hydrogen (secondary N) is 2. The summed E-state index contributed by atoms with van der Waals surface area (Å²) < 4.78 is 1.15. The van der Waals surface area contributed by atoms with Gasteiger partial charge in [-0.25, -0.2) is 0 Å². The number of hydrogen-bond donors (Lipinski definition) is 2. The second-order valence-corrected chi connectivity index (χ2v) is 6.85. The normalized spacial score (nSPS) is 27.8. The maximum atomic E-state index is 12.4. The summed E-state index contributed by atoms with van der Waals surface area (Å²) in [6.07, 6.45) is 4.68. The van der Waals surface area contributed by atoms with Crippen molar-refractivity contribution in [1.82, 2.24) is 10.6 Å². The molecule has 2 atom stereocenters. The Morgan fingerprint density at radius 2 is 1.95 bits per heavy atom. The summed E-state index contributed by atoms with van der Waals surface area (Å²) in [5.74, 6) is 0.0855. The largest absolute Gasteiger partial charge is 0.349 e. The Hall–Kier alpha value is -0.330. The van der Waals surface area contributed by atoms with Gasteiger partial charge in [-0.2, -0.15) is 0 Å². The van der Waals surface area contributed by atoms with Crippen LogP contribution in [0.1, 0.15) is 41.6 Å². The summed E-state index contributed by atoms with van der Waals surface area (Å²) in [4.78, 5) is 12.4. The van der Waals surface area contributed by atoms with Gasteiger partial charge in [-0.3, -0.25) is 4.79 Å². The van der Waals surface area contributed by atoms with Crippen LogP contribution in [0.15, 0.2) is 18.2 Å². The second-order valence-electron chi connectivity index (χ2n) is 5.69. The quantitative estimate of drug-likeness (QED) is 0.741. The fraction of sp³-hybridized carbons (Fsp3) is 0.533. The predicted molar refractivity (Wildman–Crippen MR) is 91.6 cm³/mol. The zero-order valence-electron chi connectivity index (χ0n) is 11.5. The van der Waals surface area contributed by atoms with Crippen molar-refractivity contribution in [3.63, 3.8) is 0 Å². The molecule has 0 saturated carbocycles. The van der Waals surface area contributed by atoms with Crippen molar-refractivity contribution < 1.29 is 4.79 Å². The smallest absolute Gasteiger partial charge is 0.251 e. The highest BCUT2D eigenvalue weighted by molar-refractivity contribution is 14.1. The summed E-state index contributed by atoms with van der Waals surface area (Å²) in [5, 5.41) is 6.82. The van der Waals surface area contributed by atoms with Gasteiger partial charge >= 0.3 is 0 Å². The molecule has 1 aromatic rings. The number of carbonyl (C=O) groups is 1. The number of benzene rings is 1. The predicted octanol–water partition coefficient (Wildman–Crippen LogP) is 3.03. The zero-order valence-corrected chi connectivity index (χ0v) is 14.5. The van der Waals surface area contributed by atoms with Crippen molar-refractivity contribution in [3.05, 3.63) is 32.9 Å². The minimum atomic E-state index is 0. The molecule has 5 heteroatoms. The third-order valence-corrected chi connectivity index (χ3v) is 5.49. The lowest BCUT2D eigenvalue weighted by Gasteiger charge is -2.29. The maximum Gasteiger partial charge on any atom is 0.251 e. The SMILES string of the molecule is Cc1c(I)cccc1C(=O)NC1CC2CCC(C1)N2.Cl. The topological polar surface area (TPSA) is 41.1 Å². The number of carbonyl (C=O) groups excluding carboxylic acids is 1. The number of fused-ring (bicyclic) bond motifs is 2. The van der Waals surface area contributed by atoms with E-state index in [-0.39, 0.29) is 18.3 Å². The van der Waals surface area contributed by atoms with E-state index < -0.39 is 0 Å². The molecule has 1 aromatic carbocycles. The van der Waals surface area contributed by atoms with Crippen molar-refractivity contribution in [1.29, 1.82) is 0 Å². The van der Waals surface area contributed by atoms with Gasteiger partial charge in [-0.15, -0.1) is 12.4 Å². The molecule has 2 heterocycles. The monoisotopic (exact) mass is 406 g/mol. The number of piperidine rings is 1. The summed E-state index contributed by atoms with van der Waals surface area (Å²) in [5.41, 5.74) is 1.90. The van der Waals surface area contributed by atoms with E-state index in [4.69, 9.17) is 0 Å². The molecule has 110 valence electrons. The van der Waals surface area contributed by atoms with Crippen LogP contribution in [-0.4, -0.2) is 24.0 Å². The molecule has 2 fully saturated rings. The Balaban J connectivity index is 0.00000147. The van der Waals surface area contributed by atoms with Gasteiger partial charge in [0.2, 0.25) is 0 Å². The Labute approximate surface area is 139 Å². The molecule has 2 saturated heterocycles.